The number of rotatable bonds is 5. The van der Waals surface area contributed by atoms with Crippen molar-refractivity contribution in [1.29, 1.82) is 5.26 Å². The number of hydrogen-bond acceptors (Lipinski definition) is 5. The van der Waals surface area contributed by atoms with Crippen LogP contribution in [0.1, 0.15) is 30.6 Å². The van der Waals surface area contributed by atoms with E-state index in [2.05, 4.69) is 5.32 Å². The number of nitriles is 1. The molecule has 0 aliphatic carbocycles. The van der Waals surface area contributed by atoms with Gasteiger partial charge in [-0.05, 0) is 12.5 Å². The van der Waals surface area contributed by atoms with Crippen LogP contribution >= 0.6 is 0 Å². The van der Waals surface area contributed by atoms with Gasteiger partial charge in [-0.2, -0.15) is 5.26 Å². The van der Waals surface area contributed by atoms with Crippen molar-refractivity contribution in [2.75, 3.05) is 12.3 Å². The van der Waals surface area contributed by atoms with Crippen molar-refractivity contribution < 1.29 is 15.0 Å². The van der Waals surface area contributed by atoms with Crippen LogP contribution in [0.25, 0.3) is 0 Å². The molecule has 1 amide bonds. The van der Waals surface area contributed by atoms with Crippen molar-refractivity contribution in [3.8, 4) is 6.07 Å². The Kier molecular flexibility index (Phi) is 5.30. The van der Waals surface area contributed by atoms with E-state index in [1.807, 2.05) is 6.07 Å². The summed E-state index contributed by atoms with van der Waals surface area (Å²) < 4.78 is 0. The number of benzene rings is 1. The zero-order chi connectivity index (χ0) is 14.4. The molecule has 5 N–H and O–H groups in total. The Labute approximate surface area is 111 Å². The minimum Gasteiger partial charge on any atom is -0.398 e. The average molecular weight is 263 g/mol. The number of carbonyl (C=O) groups excluding carboxylic acids is 1. The van der Waals surface area contributed by atoms with E-state index >= 15 is 0 Å². The number of hydrogen-bond donors (Lipinski definition) is 4. The summed E-state index contributed by atoms with van der Waals surface area (Å²) in [6.45, 7) is 1.62. The van der Waals surface area contributed by atoms with Crippen LogP contribution in [0.15, 0.2) is 18.2 Å². The van der Waals surface area contributed by atoms with Gasteiger partial charge in [-0.15, -0.1) is 0 Å². The Bertz CT molecular complexity index is 496. The molecule has 102 valence electrons. The summed E-state index contributed by atoms with van der Waals surface area (Å²) in [6, 6.07) is 6.61. The topological polar surface area (TPSA) is 119 Å². The lowest BCUT2D eigenvalue weighted by atomic mass is 9.96. The number of aliphatic hydroxyl groups is 2. The third kappa shape index (κ3) is 3.95. The lowest BCUT2D eigenvalue weighted by Crippen LogP contribution is -2.28. The Hall–Kier alpha value is -2.10. The standard InChI is InChI=1S/C13H17N3O3/c1-8(17)16-6-5-12(18)13(19)9-3-2-4-11(15)10(9)7-14/h2-4,12-13,18-19H,5-6,15H2,1H3,(H,16,17). The molecule has 1 aromatic carbocycles. The van der Waals surface area contributed by atoms with E-state index in [1.165, 1.54) is 6.92 Å². The maximum Gasteiger partial charge on any atom is 0.216 e. The fraction of sp³-hybridized carbons (Fsp3) is 0.385. The van der Waals surface area contributed by atoms with Gasteiger partial charge in [0.1, 0.15) is 12.2 Å². The smallest absolute Gasteiger partial charge is 0.216 e. The largest absolute Gasteiger partial charge is 0.398 e. The van der Waals surface area contributed by atoms with Gasteiger partial charge in [0.05, 0.1) is 11.7 Å². The second-order valence-electron chi connectivity index (χ2n) is 4.21. The SMILES string of the molecule is CC(=O)NCCC(O)C(O)c1cccc(N)c1C#N. The molecule has 6 heteroatoms. The molecule has 2 unspecified atom stereocenters. The first-order valence-electron chi connectivity index (χ1n) is 5.86. The van der Waals surface area contributed by atoms with Crippen molar-refractivity contribution in [1.82, 2.24) is 5.32 Å². The first-order valence-corrected chi connectivity index (χ1v) is 5.86. The molecule has 6 nitrogen and oxygen atoms in total. The zero-order valence-corrected chi connectivity index (χ0v) is 10.6. The molecule has 0 saturated carbocycles. The quantitative estimate of drug-likeness (QED) is 0.560. The molecule has 0 fully saturated rings. The zero-order valence-electron chi connectivity index (χ0n) is 10.6. The Morgan fingerprint density at radius 2 is 2.21 bits per heavy atom. The number of anilines is 1. The van der Waals surface area contributed by atoms with Crippen LogP contribution < -0.4 is 11.1 Å². The summed E-state index contributed by atoms with van der Waals surface area (Å²) in [6.07, 6.45) is -2.12. The van der Waals surface area contributed by atoms with E-state index < -0.39 is 12.2 Å². The van der Waals surface area contributed by atoms with Crippen LogP contribution in [0.3, 0.4) is 0 Å². The molecule has 0 aromatic heterocycles. The summed E-state index contributed by atoms with van der Waals surface area (Å²) in [4.78, 5) is 10.7. The minimum atomic E-state index is -1.22. The van der Waals surface area contributed by atoms with Gasteiger partial charge in [-0.25, -0.2) is 0 Å². The third-order valence-corrected chi connectivity index (χ3v) is 2.74. The molecule has 2 atom stereocenters. The second kappa shape index (κ2) is 6.73. The van der Waals surface area contributed by atoms with E-state index in [4.69, 9.17) is 11.0 Å². The molecule has 0 bridgehead atoms. The van der Waals surface area contributed by atoms with Crippen molar-refractivity contribution in [2.24, 2.45) is 0 Å². The molecular weight excluding hydrogens is 246 g/mol. The highest BCUT2D eigenvalue weighted by Crippen LogP contribution is 2.25. The van der Waals surface area contributed by atoms with E-state index in [-0.39, 0.29) is 35.7 Å². The van der Waals surface area contributed by atoms with Crippen LogP contribution in [0.2, 0.25) is 0 Å². The Morgan fingerprint density at radius 3 is 2.79 bits per heavy atom. The molecule has 0 aliphatic rings. The van der Waals surface area contributed by atoms with Gasteiger partial charge >= 0.3 is 0 Å². The summed E-state index contributed by atoms with van der Waals surface area (Å²) in [5.74, 6) is -0.205. The van der Waals surface area contributed by atoms with Gasteiger partial charge in [0.15, 0.2) is 0 Å². The summed E-state index contributed by atoms with van der Waals surface area (Å²) >= 11 is 0. The highest BCUT2D eigenvalue weighted by atomic mass is 16.3. The van der Waals surface area contributed by atoms with Gasteiger partial charge < -0.3 is 21.3 Å². The summed E-state index contributed by atoms with van der Waals surface area (Å²) in [7, 11) is 0. The van der Waals surface area contributed by atoms with Crippen molar-refractivity contribution in [2.45, 2.75) is 25.6 Å². The molecule has 0 aliphatic heterocycles. The van der Waals surface area contributed by atoms with Crippen molar-refractivity contribution in [3.63, 3.8) is 0 Å². The molecule has 0 saturated heterocycles. The number of nitrogens with one attached hydrogen (secondary N) is 1. The number of nitrogen functional groups attached to an aromatic ring is 1. The number of amides is 1. The third-order valence-electron chi connectivity index (χ3n) is 2.74. The number of carbonyl (C=O) groups is 1. The normalized spacial score (nSPS) is 13.4. The number of nitrogens with zero attached hydrogens (tertiary/aromatic N) is 1. The van der Waals surface area contributed by atoms with E-state index in [9.17, 15) is 15.0 Å². The van der Waals surface area contributed by atoms with Crippen molar-refractivity contribution in [3.05, 3.63) is 29.3 Å². The monoisotopic (exact) mass is 263 g/mol. The highest BCUT2D eigenvalue weighted by Gasteiger charge is 2.22. The maximum absolute atomic E-state index is 10.7. The fourth-order valence-electron chi connectivity index (χ4n) is 1.73. The number of aliphatic hydroxyl groups excluding tert-OH is 2. The van der Waals surface area contributed by atoms with Crippen LogP contribution in [-0.4, -0.2) is 28.8 Å². The van der Waals surface area contributed by atoms with Gasteiger partial charge in [0, 0.05) is 24.7 Å². The summed E-state index contributed by atoms with van der Waals surface area (Å²) in [5, 5.41) is 31.4. The molecule has 19 heavy (non-hydrogen) atoms. The first-order chi connectivity index (χ1) is 8.97. The lowest BCUT2D eigenvalue weighted by Gasteiger charge is -2.19. The van der Waals surface area contributed by atoms with Gasteiger partial charge in [-0.1, -0.05) is 12.1 Å². The van der Waals surface area contributed by atoms with Crippen LogP contribution in [0, 0.1) is 11.3 Å². The number of nitrogens with two attached hydrogens (primary N) is 1. The van der Waals surface area contributed by atoms with Crippen LogP contribution in [0.5, 0.6) is 0 Å². The predicted octanol–water partition coefficient (Wildman–Crippen LogP) is 0.0610. The van der Waals surface area contributed by atoms with Gasteiger partial charge in [0.25, 0.3) is 0 Å². The fourth-order valence-corrected chi connectivity index (χ4v) is 1.73. The van der Waals surface area contributed by atoms with E-state index in [0.29, 0.717) is 0 Å². The molecule has 1 aromatic rings. The molecule has 1 rings (SSSR count). The lowest BCUT2D eigenvalue weighted by molar-refractivity contribution is -0.119. The maximum atomic E-state index is 10.7. The van der Waals surface area contributed by atoms with Gasteiger partial charge in [0.2, 0.25) is 5.91 Å². The molecule has 0 spiro atoms. The second-order valence-corrected chi connectivity index (χ2v) is 4.21. The van der Waals surface area contributed by atoms with Crippen LogP contribution in [-0.2, 0) is 4.79 Å². The first kappa shape index (κ1) is 15.0. The van der Waals surface area contributed by atoms with Crippen molar-refractivity contribution >= 4 is 11.6 Å². The molecular formula is C13H17N3O3. The average Bonchev–Trinajstić information content (AvgIpc) is 2.37. The Morgan fingerprint density at radius 1 is 1.53 bits per heavy atom. The van der Waals surface area contributed by atoms with Gasteiger partial charge in [-0.3, -0.25) is 4.79 Å². The molecule has 0 radical (unpaired) electrons. The minimum absolute atomic E-state index is 0.161. The summed E-state index contributed by atoms with van der Waals surface area (Å²) in [5.41, 5.74) is 6.35. The molecule has 0 heterocycles. The Balaban J connectivity index is 2.77. The van der Waals surface area contributed by atoms with Crippen LogP contribution in [0.4, 0.5) is 5.69 Å². The van der Waals surface area contributed by atoms with E-state index in [1.54, 1.807) is 18.2 Å². The highest BCUT2D eigenvalue weighted by molar-refractivity contribution is 5.72. The van der Waals surface area contributed by atoms with E-state index in [0.717, 1.165) is 0 Å². The predicted molar refractivity (Wildman–Crippen MR) is 69.8 cm³/mol.